The Morgan fingerprint density at radius 1 is 0.538 bits per heavy atom. The normalized spacial score (nSPS) is 13.6. The smallest absolute Gasteiger partial charge is 0.306 e. The van der Waals surface area contributed by atoms with Gasteiger partial charge in [-0.2, -0.15) is 0 Å². The van der Waals surface area contributed by atoms with Crippen molar-refractivity contribution in [2.24, 2.45) is 0 Å². The quantitative estimate of drug-likeness (QED) is 0.0331. The number of amides is 1. The zero-order chi connectivity index (χ0) is 38.2. The van der Waals surface area contributed by atoms with Crippen LogP contribution in [0.3, 0.4) is 0 Å². The van der Waals surface area contributed by atoms with Gasteiger partial charge in [0.2, 0.25) is 5.91 Å². The summed E-state index contributed by atoms with van der Waals surface area (Å²) in [6.07, 6.45) is 43.8. The number of hydrogen-bond acceptors (Lipinski definition) is 5. The van der Waals surface area contributed by atoms with E-state index in [4.69, 9.17) is 4.74 Å². The third-order valence-corrected chi connectivity index (χ3v) is 10.3. The lowest BCUT2D eigenvalue weighted by molar-refractivity contribution is -0.151. The molecular formula is C46H87NO5. The van der Waals surface area contributed by atoms with E-state index in [-0.39, 0.29) is 24.9 Å². The van der Waals surface area contributed by atoms with Crippen LogP contribution in [0.25, 0.3) is 0 Å². The summed E-state index contributed by atoms with van der Waals surface area (Å²) in [6.45, 7) is 6.41. The number of unbranched alkanes of at least 4 members (excludes halogenated alkanes) is 24. The minimum atomic E-state index is -0.789. The molecule has 0 aromatic rings. The van der Waals surface area contributed by atoms with Crippen molar-refractivity contribution < 1.29 is 24.5 Å². The van der Waals surface area contributed by atoms with Gasteiger partial charge in [-0.1, -0.05) is 180 Å². The molecular weight excluding hydrogens is 647 g/mol. The molecule has 3 unspecified atom stereocenters. The molecule has 0 aromatic carbocycles. The first-order chi connectivity index (χ1) is 25.5. The van der Waals surface area contributed by atoms with E-state index in [1.54, 1.807) is 0 Å². The van der Waals surface area contributed by atoms with E-state index in [2.05, 4.69) is 50.4 Å². The highest BCUT2D eigenvalue weighted by Gasteiger charge is 2.24. The molecule has 6 heteroatoms. The van der Waals surface area contributed by atoms with E-state index in [0.717, 1.165) is 64.2 Å². The number of aliphatic hydroxyl groups excluding tert-OH is 2. The second-order valence-electron chi connectivity index (χ2n) is 15.4. The van der Waals surface area contributed by atoms with Crippen LogP contribution in [0.4, 0.5) is 0 Å². The highest BCUT2D eigenvalue weighted by atomic mass is 16.5. The average Bonchev–Trinajstić information content (AvgIpc) is 3.13. The van der Waals surface area contributed by atoms with Gasteiger partial charge in [-0.05, 0) is 64.2 Å². The van der Waals surface area contributed by atoms with Gasteiger partial charge in [0.05, 0.1) is 25.2 Å². The molecule has 0 fully saturated rings. The summed E-state index contributed by atoms with van der Waals surface area (Å²) in [6, 6.07) is -0.705. The molecule has 3 atom stereocenters. The lowest BCUT2D eigenvalue weighted by Gasteiger charge is -2.24. The maximum atomic E-state index is 13.1. The van der Waals surface area contributed by atoms with Gasteiger partial charge in [-0.15, -0.1) is 0 Å². The Labute approximate surface area is 322 Å². The van der Waals surface area contributed by atoms with Crippen molar-refractivity contribution in [2.75, 3.05) is 6.61 Å². The first-order valence-corrected chi connectivity index (χ1v) is 22.6. The third kappa shape index (κ3) is 35.4. The summed E-state index contributed by atoms with van der Waals surface area (Å²) >= 11 is 0. The first-order valence-electron chi connectivity index (χ1n) is 22.6. The molecule has 0 aliphatic heterocycles. The number of carbonyl (C=O) groups is 2. The summed E-state index contributed by atoms with van der Waals surface area (Å²) in [5.41, 5.74) is 0. The molecule has 3 N–H and O–H groups in total. The summed E-state index contributed by atoms with van der Waals surface area (Å²) < 4.78 is 5.87. The van der Waals surface area contributed by atoms with Crippen LogP contribution in [0.5, 0.6) is 0 Å². The third-order valence-electron chi connectivity index (χ3n) is 10.3. The van der Waals surface area contributed by atoms with Crippen molar-refractivity contribution in [1.29, 1.82) is 0 Å². The lowest BCUT2D eigenvalue weighted by atomic mass is 10.0. The Hall–Kier alpha value is -1.66. The highest BCUT2D eigenvalue weighted by molar-refractivity contribution is 5.77. The van der Waals surface area contributed by atoms with Crippen LogP contribution in [0, 0.1) is 0 Å². The van der Waals surface area contributed by atoms with Crippen LogP contribution >= 0.6 is 0 Å². The summed E-state index contributed by atoms with van der Waals surface area (Å²) in [5.74, 6) is -0.511. The van der Waals surface area contributed by atoms with Gasteiger partial charge in [0.15, 0.2) is 0 Å². The molecule has 0 aliphatic carbocycles. The van der Waals surface area contributed by atoms with E-state index in [9.17, 15) is 19.8 Å². The second kappa shape index (κ2) is 40.5. The molecule has 0 bridgehead atoms. The van der Waals surface area contributed by atoms with Crippen molar-refractivity contribution in [2.45, 2.75) is 251 Å². The van der Waals surface area contributed by atoms with Crippen molar-refractivity contribution >= 4 is 11.9 Å². The number of carbonyl (C=O) groups excluding carboxylic acids is 2. The largest absolute Gasteiger partial charge is 0.462 e. The van der Waals surface area contributed by atoms with Crippen LogP contribution < -0.4 is 5.32 Å². The highest BCUT2D eigenvalue weighted by Crippen LogP contribution is 2.16. The van der Waals surface area contributed by atoms with Gasteiger partial charge in [0.1, 0.15) is 6.10 Å². The fraction of sp³-hybridized carbons (Fsp3) is 0.870. The summed E-state index contributed by atoms with van der Waals surface area (Å²) in [5, 5.41) is 23.6. The van der Waals surface area contributed by atoms with Crippen molar-refractivity contribution in [3.05, 3.63) is 24.3 Å². The average molecular weight is 734 g/mol. The Morgan fingerprint density at radius 3 is 1.46 bits per heavy atom. The molecule has 0 rings (SSSR count). The van der Waals surface area contributed by atoms with Gasteiger partial charge in [0.25, 0.3) is 0 Å². The zero-order valence-corrected chi connectivity index (χ0v) is 34.7. The second-order valence-corrected chi connectivity index (χ2v) is 15.4. The van der Waals surface area contributed by atoms with Crippen molar-refractivity contribution in [3.8, 4) is 0 Å². The maximum absolute atomic E-state index is 13.1. The Kier molecular flexibility index (Phi) is 39.2. The molecule has 0 aromatic heterocycles. The fourth-order valence-electron chi connectivity index (χ4n) is 6.76. The van der Waals surface area contributed by atoms with Crippen LogP contribution in [-0.2, 0) is 14.3 Å². The van der Waals surface area contributed by atoms with Gasteiger partial charge in [0, 0.05) is 6.42 Å². The minimum absolute atomic E-state index is 0.0562. The molecule has 0 saturated carbocycles. The Bertz CT molecular complexity index is 828. The van der Waals surface area contributed by atoms with Crippen molar-refractivity contribution in [1.82, 2.24) is 5.32 Å². The molecule has 0 radical (unpaired) electrons. The summed E-state index contributed by atoms with van der Waals surface area (Å²) in [7, 11) is 0. The minimum Gasteiger partial charge on any atom is -0.462 e. The van der Waals surface area contributed by atoms with E-state index in [0.29, 0.717) is 19.3 Å². The van der Waals surface area contributed by atoms with Gasteiger partial charge < -0.3 is 20.3 Å². The lowest BCUT2D eigenvalue weighted by Crippen LogP contribution is -2.46. The van der Waals surface area contributed by atoms with Crippen LogP contribution in [0.1, 0.15) is 233 Å². The number of nitrogens with one attached hydrogen (secondary N) is 1. The summed E-state index contributed by atoms with van der Waals surface area (Å²) in [4.78, 5) is 25.9. The van der Waals surface area contributed by atoms with Gasteiger partial charge in [-0.25, -0.2) is 0 Å². The Balaban J connectivity index is 4.62. The van der Waals surface area contributed by atoms with Crippen molar-refractivity contribution in [3.63, 3.8) is 0 Å². The first kappa shape index (κ1) is 50.3. The number of hydrogen-bond donors (Lipinski definition) is 3. The van der Waals surface area contributed by atoms with E-state index in [1.165, 1.54) is 122 Å². The zero-order valence-electron chi connectivity index (χ0n) is 34.7. The predicted molar refractivity (Wildman–Crippen MR) is 223 cm³/mol. The molecule has 1 amide bonds. The SMILES string of the molecule is CCCC/C=C\CCCCCCCC(=O)OC(CCC/C=C\CCCCCCCC)CC(=O)NC(CO)C(O)CCCCCCCCCCCCC. The number of rotatable bonds is 40. The maximum Gasteiger partial charge on any atom is 0.306 e. The Morgan fingerprint density at radius 2 is 0.962 bits per heavy atom. The predicted octanol–water partition coefficient (Wildman–Crippen LogP) is 12.8. The molecule has 0 saturated heterocycles. The van der Waals surface area contributed by atoms with Gasteiger partial charge in [-0.3, -0.25) is 9.59 Å². The van der Waals surface area contributed by atoms with Crippen LogP contribution in [0.15, 0.2) is 24.3 Å². The number of aliphatic hydroxyl groups is 2. The van der Waals surface area contributed by atoms with E-state index >= 15 is 0 Å². The van der Waals surface area contributed by atoms with E-state index < -0.39 is 18.2 Å². The monoisotopic (exact) mass is 734 g/mol. The number of esters is 1. The molecule has 0 spiro atoms. The van der Waals surface area contributed by atoms with Crippen LogP contribution in [-0.4, -0.2) is 46.9 Å². The standard InChI is InChI=1S/C46H87NO5/c1-4-7-10-13-16-19-22-25-28-31-34-37-42(52-46(51)39-36-33-30-27-24-21-18-15-12-9-6-3)40-45(50)47-43(41-48)44(49)38-35-32-29-26-23-20-17-14-11-8-5-2/h15,18,25,28,42-44,48-49H,4-14,16-17,19-24,26-27,29-41H2,1-3H3,(H,47,50)/b18-15-,28-25-. The molecule has 6 nitrogen and oxygen atoms in total. The fourth-order valence-corrected chi connectivity index (χ4v) is 6.76. The van der Waals surface area contributed by atoms with E-state index in [1.807, 2.05) is 0 Å². The molecule has 306 valence electrons. The number of allylic oxidation sites excluding steroid dienone is 4. The number of ether oxygens (including phenoxy) is 1. The van der Waals surface area contributed by atoms with Crippen LogP contribution in [0.2, 0.25) is 0 Å². The molecule has 0 aliphatic rings. The van der Waals surface area contributed by atoms with Gasteiger partial charge >= 0.3 is 5.97 Å². The topological polar surface area (TPSA) is 95.9 Å². The molecule has 0 heterocycles. The molecule has 52 heavy (non-hydrogen) atoms.